The van der Waals surface area contributed by atoms with Gasteiger partial charge in [0.25, 0.3) is 0 Å². The molecule has 0 radical (unpaired) electrons. The molecule has 0 spiro atoms. The smallest absolute Gasteiger partial charge is 0.0541 e. The minimum Gasteiger partial charge on any atom is -0.337 e. The van der Waals surface area contributed by atoms with Gasteiger partial charge < -0.3 is 9.13 Å². The van der Waals surface area contributed by atoms with Crippen molar-refractivity contribution in [3.05, 3.63) is 266 Å². The first kappa shape index (κ1) is 40.8. The van der Waals surface area contributed by atoms with Crippen LogP contribution in [0.2, 0.25) is 0 Å². The normalized spacial score (nSPS) is 12.0. The van der Waals surface area contributed by atoms with E-state index in [1.165, 1.54) is 110 Å². The predicted octanol–water partition coefficient (Wildman–Crippen LogP) is 17.9. The monoisotopic (exact) mass is 868 g/mol. The molecular formula is C66H48N2. The van der Waals surface area contributed by atoms with Crippen molar-refractivity contribution in [3.8, 4) is 61.3 Å². The Morgan fingerprint density at radius 3 is 1.12 bits per heavy atom. The fourth-order valence-corrected chi connectivity index (χ4v) is 10.2. The van der Waals surface area contributed by atoms with Crippen molar-refractivity contribution in [2.24, 2.45) is 0 Å². The van der Waals surface area contributed by atoms with Gasteiger partial charge in [-0.2, -0.15) is 0 Å². The highest BCUT2D eigenvalue weighted by Gasteiger charge is 2.14. The van der Waals surface area contributed by atoms with Gasteiger partial charge in [0.2, 0.25) is 0 Å². The van der Waals surface area contributed by atoms with E-state index in [-0.39, 0.29) is 0 Å². The van der Waals surface area contributed by atoms with Gasteiger partial charge in [-0.05, 0) is 128 Å². The van der Waals surface area contributed by atoms with Gasteiger partial charge >= 0.3 is 0 Å². The second kappa shape index (κ2) is 17.6. The first-order chi connectivity index (χ1) is 33.7. The van der Waals surface area contributed by atoms with Crippen LogP contribution in [0.3, 0.4) is 0 Å². The Balaban J connectivity index is 0.846. The number of benzene rings is 10. The van der Waals surface area contributed by atoms with E-state index in [0.717, 1.165) is 12.2 Å². The highest BCUT2D eigenvalue weighted by Crippen LogP contribution is 2.37. The zero-order valence-corrected chi connectivity index (χ0v) is 37.9. The van der Waals surface area contributed by atoms with Crippen LogP contribution in [0.25, 0.3) is 111 Å². The zero-order chi connectivity index (χ0) is 45.4. The standard InChI is InChI=1S/C66H48N2/c1-2-46(17-14-42-67-63-22-10-6-18-59(63)60-19-7-11-23-64(60)67)48-26-32-52(33-27-48)55-43-56(53-34-28-49(29-35-53)47-15-4-3-5-16-47)45-57(44-55)54-36-30-50(31-37-54)51-38-40-58(41-39-51)68-65-24-12-8-20-61(65)62-21-9-13-25-66(62)68/h2-41,43-45H,42H2,1H3/b17-14-,46-2+. The first-order valence-corrected chi connectivity index (χ1v) is 23.6. The lowest BCUT2D eigenvalue weighted by Gasteiger charge is -2.13. The number of aromatic nitrogens is 2. The van der Waals surface area contributed by atoms with Gasteiger partial charge in [0.15, 0.2) is 0 Å². The van der Waals surface area contributed by atoms with Crippen LogP contribution in [0.4, 0.5) is 0 Å². The van der Waals surface area contributed by atoms with Crippen molar-refractivity contribution < 1.29 is 0 Å². The second-order valence-corrected chi connectivity index (χ2v) is 17.6. The molecule has 0 bridgehead atoms. The van der Waals surface area contributed by atoms with Crippen LogP contribution >= 0.6 is 0 Å². The molecule has 0 aliphatic heterocycles. The average Bonchev–Trinajstić information content (AvgIpc) is 3.93. The number of allylic oxidation sites excluding steroid dienone is 4. The molecule has 0 N–H and O–H groups in total. The Hall–Kier alpha value is -8.72. The van der Waals surface area contributed by atoms with Gasteiger partial charge in [0.1, 0.15) is 0 Å². The van der Waals surface area contributed by atoms with Crippen LogP contribution in [0.15, 0.2) is 261 Å². The molecule has 2 heteroatoms. The maximum atomic E-state index is 2.41. The van der Waals surface area contributed by atoms with E-state index < -0.39 is 0 Å². The molecule has 0 saturated heterocycles. The fraction of sp³-hybridized carbons (Fsp3) is 0.0303. The minimum absolute atomic E-state index is 0.794. The molecule has 10 aromatic carbocycles. The molecule has 0 amide bonds. The topological polar surface area (TPSA) is 9.86 Å². The van der Waals surface area contributed by atoms with Crippen LogP contribution in [-0.4, -0.2) is 9.13 Å². The van der Waals surface area contributed by atoms with Crippen molar-refractivity contribution >= 4 is 49.2 Å². The van der Waals surface area contributed by atoms with Gasteiger partial charge in [-0.15, -0.1) is 0 Å². The quantitative estimate of drug-likeness (QED) is 0.121. The molecule has 2 aromatic heterocycles. The Kier molecular flexibility index (Phi) is 10.5. The summed E-state index contributed by atoms with van der Waals surface area (Å²) in [5.74, 6) is 0. The highest BCUT2D eigenvalue weighted by atomic mass is 15.0. The molecule has 2 heterocycles. The van der Waals surface area contributed by atoms with Gasteiger partial charge in [0, 0.05) is 44.8 Å². The van der Waals surface area contributed by atoms with Crippen LogP contribution < -0.4 is 0 Å². The lowest BCUT2D eigenvalue weighted by atomic mass is 9.91. The third-order valence-electron chi connectivity index (χ3n) is 13.6. The highest BCUT2D eigenvalue weighted by molar-refractivity contribution is 6.09. The SMILES string of the molecule is C/C=C(\C=C/Cn1c2ccccc2c2ccccc21)c1ccc(-c2cc(-c3ccc(-c4ccccc4)cc3)cc(-c3ccc(-c4ccc(-n5c6ccccc6c6ccccc65)cc4)cc3)c2)cc1. The molecule has 0 saturated carbocycles. The van der Waals surface area contributed by atoms with Crippen molar-refractivity contribution in [2.75, 3.05) is 0 Å². The second-order valence-electron chi connectivity index (χ2n) is 17.6. The third-order valence-corrected chi connectivity index (χ3v) is 13.6. The van der Waals surface area contributed by atoms with Gasteiger partial charge in [-0.25, -0.2) is 0 Å². The Morgan fingerprint density at radius 1 is 0.338 bits per heavy atom. The molecule has 12 rings (SSSR count). The van der Waals surface area contributed by atoms with E-state index in [9.17, 15) is 0 Å². The van der Waals surface area contributed by atoms with Gasteiger partial charge in [-0.1, -0.05) is 206 Å². The Bertz CT molecular complexity index is 3720. The lowest BCUT2D eigenvalue weighted by Crippen LogP contribution is -1.94. The molecule has 0 atom stereocenters. The third kappa shape index (κ3) is 7.52. The summed E-state index contributed by atoms with van der Waals surface area (Å²) in [5, 5.41) is 5.14. The summed E-state index contributed by atoms with van der Waals surface area (Å²) in [4.78, 5) is 0. The maximum absolute atomic E-state index is 2.41. The Labute approximate surface area is 397 Å². The minimum atomic E-state index is 0.794. The number of fused-ring (bicyclic) bond motifs is 6. The maximum Gasteiger partial charge on any atom is 0.0541 e. The van der Waals surface area contributed by atoms with Crippen molar-refractivity contribution in [1.29, 1.82) is 0 Å². The molecule has 68 heavy (non-hydrogen) atoms. The summed E-state index contributed by atoms with van der Waals surface area (Å²) in [6, 6.07) is 88.5. The van der Waals surface area contributed by atoms with Crippen LogP contribution in [0.5, 0.6) is 0 Å². The number of nitrogens with zero attached hydrogens (tertiary/aromatic N) is 2. The average molecular weight is 869 g/mol. The molecule has 0 unspecified atom stereocenters. The summed E-state index contributed by atoms with van der Waals surface area (Å²) >= 11 is 0. The van der Waals surface area contributed by atoms with E-state index in [0.29, 0.717) is 0 Å². The molecule has 12 aromatic rings. The number of rotatable bonds is 10. The summed E-state index contributed by atoms with van der Waals surface area (Å²) in [7, 11) is 0. The summed E-state index contributed by atoms with van der Waals surface area (Å²) in [5.41, 5.74) is 20.4. The molecule has 0 aliphatic rings. The summed E-state index contributed by atoms with van der Waals surface area (Å²) in [6.07, 6.45) is 6.76. The zero-order valence-electron chi connectivity index (χ0n) is 37.9. The Morgan fingerprint density at radius 2 is 0.676 bits per heavy atom. The number of hydrogen-bond acceptors (Lipinski definition) is 0. The lowest BCUT2D eigenvalue weighted by molar-refractivity contribution is 0.899. The molecule has 0 aliphatic carbocycles. The number of para-hydroxylation sites is 4. The van der Waals surface area contributed by atoms with E-state index in [1.807, 2.05) is 0 Å². The van der Waals surface area contributed by atoms with Crippen molar-refractivity contribution in [1.82, 2.24) is 9.13 Å². The van der Waals surface area contributed by atoms with E-state index >= 15 is 0 Å². The van der Waals surface area contributed by atoms with Gasteiger partial charge in [0.05, 0.1) is 11.0 Å². The van der Waals surface area contributed by atoms with E-state index in [2.05, 4.69) is 277 Å². The van der Waals surface area contributed by atoms with Crippen molar-refractivity contribution in [3.63, 3.8) is 0 Å². The predicted molar refractivity (Wildman–Crippen MR) is 290 cm³/mol. The molecular weight excluding hydrogens is 821 g/mol. The summed E-state index contributed by atoms with van der Waals surface area (Å²) in [6.45, 7) is 2.92. The van der Waals surface area contributed by atoms with Crippen LogP contribution in [0.1, 0.15) is 12.5 Å². The van der Waals surface area contributed by atoms with Crippen molar-refractivity contribution in [2.45, 2.75) is 13.5 Å². The van der Waals surface area contributed by atoms with E-state index in [1.54, 1.807) is 0 Å². The number of hydrogen-bond donors (Lipinski definition) is 0. The molecule has 2 nitrogen and oxygen atoms in total. The van der Waals surface area contributed by atoms with Gasteiger partial charge in [-0.3, -0.25) is 0 Å². The first-order valence-electron chi connectivity index (χ1n) is 23.6. The largest absolute Gasteiger partial charge is 0.337 e. The summed E-state index contributed by atoms with van der Waals surface area (Å²) < 4.78 is 4.78. The molecule has 0 fully saturated rings. The van der Waals surface area contributed by atoms with Crippen LogP contribution in [0, 0.1) is 0 Å². The van der Waals surface area contributed by atoms with E-state index in [4.69, 9.17) is 0 Å². The fourth-order valence-electron chi connectivity index (χ4n) is 10.2. The van der Waals surface area contributed by atoms with Crippen LogP contribution in [-0.2, 0) is 6.54 Å². The molecule has 322 valence electrons.